The highest BCUT2D eigenvalue weighted by atomic mass is 19.4. The molecule has 1 aromatic heterocycles. The molecule has 0 bridgehead atoms. The van der Waals surface area contributed by atoms with E-state index in [2.05, 4.69) is 5.32 Å². The predicted octanol–water partition coefficient (Wildman–Crippen LogP) is 3.33. The molecule has 5 nitrogen and oxygen atoms in total. The molecule has 1 aliphatic heterocycles. The van der Waals surface area contributed by atoms with Gasteiger partial charge in [0.2, 0.25) is 0 Å². The summed E-state index contributed by atoms with van der Waals surface area (Å²) in [5.74, 6) is -0.696. The summed E-state index contributed by atoms with van der Waals surface area (Å²) in [6, 6.07) is 9.95. The molecule has 1 N–H and O–H groups in total. The van der Waals surface area contributed by atoms with Crippen LogP contribution >= 0.6 is 0 Å². The van der Waals surface area contributed by atoms with Gasteiger partial charge in [0, 0.05) is 24.0 Å². The standard InChI is InChI=1S/C17H15F3N4O/c1-10-13(7-11(8-21)23(10)2)15-22-14-6-4-3-5-12(14)16(25)24(15)9-17(18,19)20/h3-7,15,22H,9H2,1-2H3/t15-/m0/s1. The minimum atomic E-state index is -4.54. The lowest BCUT2D eigenvalue weighted by atomic mass is 10.0. The second-order valence-electron chi connectivity index (χ2n) is 5.88. The molecule has 1 aromatic carbocycles. The lowest BCUT2D eigenvalue weighted by molar-refractivity contribution is -0.144. The smallest absolute Gasteiger partial charge is 0.361 e. The van der Waals surface area contributed by atoms with Crippen LogP contribution in [0, 0.1) is 18.3 Å². The van der Waals surface area contributed by atoms with Gasteiger partial charge in [0.15, 0.2) is 0 Å². The Balaban J connectivity index is 2.12. The van der Waals surface area contributed by atoms with E-state index in [-0.39, 0.29) is 5.56 Å². The van der Waals surface area contributed by atoms with Crippen molar-refractivity contribution in [2.45, 2.75) is 19.3 Å². The first-order valence-corrected chi connectivity index (χ1v) is 7.52. The van der Waals surface area contributed by atoms with E-state index in [0.29, 0.717) is 22.6 Å². The summed E-state index contributed by atoms with van der Waals surface area (Å²) in [4.78, 5) is 13.4. The van der Waals surface area contributed by atoms with E-state index in [1.807, 2.05) is 6.07 Å². The average molecular weight is 348 g/mol. The van der Waals surface area contributed by atoms with Crippen LogP contribution in [0.3, 0.4) is 0 Å². The third-order valence-corrected chi connectivity index (χ3v) is 4.36. The number of nitrogens with zero attached hydrogens (tertiary/aromatic N) is 3. The number of rotatable bonds is 2. The molecule has 0 fully saturated rings. The minimum absolute atomic E-state index is 0.192. The Morgan fingerprint density at radius 2 is 2.00 bits per heavy atom. The highest BCUT2D eigenvalue weighted by Crippen LogP contribution is 2.36. The highest BCUT2D eigenvalue weighted by Gasteiger charge is 2.41. The van der Waals surface area contributed by atoms with E-state index in [1.54, 1.807) is 36.7 Å². The van der Waals surface area contributed by atoms with E-state index in [1.165, 1.54) is 12.1 Å². The summed E-state index contributed by atoms with van der Waals surface area (Å²) in [5, 5.41) is 12.2. The SMILES string of the molecule is Cc1c([C@H]2Nc3ccccc3C(=O)N2CC(F)(F)F)cc(C#N)n1C. The second-order valence-corrected chi connectivity index (χ2v) is 5.88. The van der Waals surface area contributed by atoms with Gasteiger partial charge in [-0.15, -0.1) is 0 Å². The van der Waals surface area contributed by atoms with Gasteiger partial charge in [-0.2, -0.15) is 18.4 Å². The molecule has 0 spiro atoms. The zero-order chi connectivity index (χ0) is 18.4. The summed E-state index contributed by atoms with van der Waals surface area (Å²) in [7, 11) is 1.66. The van der Waals surface area contributed by atoms with Crippen molar-refractivity contribution in [3.8, 4) is 6.07 Å². The van der Waals surface area contributed by atoms with E-state index < -0.39 is 24.8 Å². The van der Waals surface area contributed by atoms with Crippen molar-refractivity contribution < 1.29 is 18.0 Å². The molecule has 3 rings (SSSR count). The molecule has 25 heavy (non-hydrogen) atoms. The normalized spacial score (nSPS) is 17.0. The van der Waals surface area contributed by atoms with Crippen molar-refractivity contribution in [1.29, 1.82) is 5.26 Å². The van der Waals surface area contributed by atoms with Gasteiger partial charge in [0.1, 0.15) is 24.5 Å². The number of nitrogens with one attached hydrogen (secondary N) is 1. The van der Waals surface area contributed by atoms with Gasteiger partial charge >= 0.3 is 6.18 Å². The molecule has 0 radical (unpaired) electrons. The van der Waals surface area contributed by atoms with Crippen LogP contribution in [0.2, 0.25) is 0 Å². The maximum absolute atomic E-state index is 13.1. The van der Waals surface area contributed by atoms with Crippen molar-refractivity contribution in [1.82, 2.24) is 9.47 Å². The number of aromatic nitrogens is 1. The number of alkyl halides is 3. The largest absolute Gasteiger partial charge is 0.406 e. The number of halogens is 3. The Labute approximate surface area is 142 Å². The zero-order valence-corrected chi connectivity index (χ0v) is 13.6. The van der Waals surface area contributed by atoms with Gasteiger partial charge in [-0.1, -0.05) is 12.1 Å². The molecular formula is C17H15F3N4O. The number of hydrogen-bond acceptors (Lipinski definition) is 3. The van der Waals surface area contributed by atoms with Crippen molar-refractivity contribution in [3.05, 3.63) is 52.8 Å². The number of carbonyl (C=O) groups is 1. The Morgan fingerprint density at radius 1 is 1.32 bits per heavy atom. The Bertz CT molecular complexity index is 879. The molecule has 0 saturated carbocycles. The summed E-state index contributed by atoms with van der Waals surface area (Å²) < 4.78 is 40.7. The molecule has 130 valence electrons. The van der Waals surface area contributed by atoms with E-state index in [9.17, 15) is 18.0 Å². The molecule has 1 aliphatic rings. The molecule has 1 atom stereocenters. The Morgan fingerprint density at radius 3 is 2.60 bits per heavy atom. The van der Waals surface area contributed by atoms with Crippen LogP contribution in [0.5, 0.6) is 0 Å². The van der Waals surface area contributed by atoms with Crippen molar-refractivity contribution in [2.24, 2.45) is 7.05 Å². The molecule has 0 aliphatic carbocycles. The number of fused-ring (bicyclic) bond motifs is 1. The number of benzene rings is 1. The number of carbonyl (C=O) groups excluding carboxylic acids is 1. The van der Waals surface area contributed by atoms with Gasteiger partial charge in [-0.05, 0) is 25.1 Å². The van der Waals surface area contributed by atoms with Gasteiger partial charge in [0.25, 0.3) is 5.91 Å². The summed E-state index contributed by atoms with van der Waals surface area (Å²) in [6.07, 6.45) is -5.54. The van der Waals surface area contributed by atoms with Crippen LogP contribution in [0.25, 0.3) is 0 Å². The average Bonchev–Trinajstić information content (AvgIpc) is 2.84. The molecule has 2 heterocycles. The minimum Gasteiger partial charge on any atom is -0.361 e. The highest BCUT2D eigenvalue weighted by molar-refractivity contribution is 6.01. The van der Waals surface area contributed by atoms with Crippen LogP contribution in [0.4, 0.5) is 18.9 Å². The topological polar surface area (TPSA) is 61.1 Å². The maximum atomic E-state index is 13.1. The summed E-state index contributed by atoms with van der Waals surface area (Å²) in [6.45, 7) is 0.322. The summed E-state index contributed by atoms with van der Waals surface area (Å²) in [5.41, 5.74) is 2.06. The van der Waals surface area contributed by atoms with Crippen molar-refractivity contribution >= 4 is 11.6 Å². The predicted molar refractivity (Wildman–Crippen MR) is 84.8 cm³/mol. The molecule has 8 heteroatoms. The van der Waals surface area contributed by atoms with E-state index >= 15 is 0 Å². The molecule has 1 amide bonds. The lowest BCUT2D eigenvalue weighted by Crippen LogP contribution is -2.47. The van der Waals surface area contributed by atoms with Gasteiger partial charge in [0.05, 0.1) is 5.56 Å². The first-order valence-electron chi connectivity index (χ1n) is 7.52. The van der Waals surface area contributed by atoms with Crippen molar-refractivity contribution in [3.63, 3.8) is 0 Å². The molecule has 2 aromatic rings. The third-order valence-electron chi connectivity index (χ3n) is 4.36. The van der Waals surface area contributed by atoms with Crippen LogP contribution in [0.1, 0.15) is 33.5 Å². The van der Waals surface area contributed by atoms with Crippen LogP contribution in [-0.2, 0) is 7.05 Å². The fraction of sp³-hybridized carbons (Fsp3) is 0.294. The first-order chi connectivity index (χ1) is 11.7. The quantitative estimate of drug-likeness (QED) is 0.906. The van der Waals surface area contributed by atoms with Crippen LogP contribution in [0.15, 0.2) is 30.3 Å². The second kappa shape index (κ2) is 5.84. The molecule has 0 unspecified atom stereocenters. The number of amides is 1. The van der Waals surface area contributed by atoms with Gasteiger partial charge in [-0.25, -0.2) is 0 Å². The number of anilines is 1. The van der Waals surface area contributed by atoms with E-state index in [4.69, 9.17) is 5.26 Å². The number of hydrogen-bond donors (Lipinski definition) is 1. The summed E-state index contributed by atoms with van der Waals surface area (Å²) >= 11 is 0. The Hall–Kier alpha value is -2.95. The fourth-order valence-electron chi connectivity index (χ4n) is 3.00. The monoisotopic (exact) mass is 348 g/mol. The van der Waals surface area contributed by atoms with E-state index in [0.717, 1.165) is 4.90 Å². The number of para-hydroxylation sites is 1. The van der Waals surface area contributed by atoms with Crippen LogP contribution < -0.4 is 5.32 Å². The zero-order valence-electron chi connectivity index (χ0n) is 13.6. The van der Waals surface area contributed by atoms with Gasteiger partial charge in [-0.3, -0.25) is 4.79 Å². The first kappa shape index (κ1) is 16.9. The maximum Gasteiger partial charge on any atom is 0.406 e. The molecule has 0 saturated heterocycles. The third kappa shape index (κ3) is 2.93. The molecular weight excluding hydrogens is 333 g/mol. The van der Waals surface area contributed by atoms with Gasteiger partial charge < -0.3 is 14.8 Å². The van der Waals surface area contributed by atoms with Crippen LogP contribution in [-0.4, -0.2) is 28.1 Å². The fourth-order valence-corrected chi connectivity index (χ4v) is 3.00. The Kier molecular flexibility index (Phi) is 3.95. The lowest BCUT2D eigenvalue weighted by Gasteiger charge is -2.38. The van der Waals surface area contributed by atoms with Crippen molar-refractivity contribution in [2.75, 3.05) is 11.9 Å². The number of nitriles is 1.